The van der Waals surface area contributed by atoms with Gasteiger partial charge in [-0.1, -0.05) is 23.7 Å². The molecule has 2 amide bonds. The second-order valence-corrected chi connectivity index (χ2v) is 5.16. The lowest BCUT2D eigenvalue weighted by atomic mass is 10.1. The van der Waals surface area contributed by atoms with Crippen molar-refractivity contribution >= 4 is 17.6 Å². The zero-order chi connectivity index (χ0) is 14.7. The molecule has 2 rings (SSSR count). The van der Waals surface area contributed by atoms with E-state index in [1.165, 1.54) is 4.90 Å². The van der Waals surface area contributed by atoms with E-state index in [9.17, 15) is 4.79 Å². The molecule has 0 bridgehead atoms. The summed E-state index contributed by atoms with van der Waals surface area (Å²) in [4.78, 5) is 17.8. The number of benzene rings is 1. The first kappa shape index (κ1) is 14.4. The van der Waals surface area contributed by atoms with Crippen molar-refractivity contribution in [1.29, 1.82) is 0 Å². The molecular formula is C14H17ClN4O. The van der Waals surface area contributed by atoms with Crippen molar-refractivity contribution in [3.05, 3.63) is 53.1 Å². The first-order valence-electron chi connectivity index (χ1n) is 6.19. The molecule has 0 saturated heterocycles. The van der Waals surface area contributed by atoms with Gasteiger partial charge in [0.25, 0.3) is 0 Å². The first-order valence-corrected chi connectivity index (χ1v) is 6.57. The molecule has 1 heterocycles. The fourth-order valence-electron chi connectivity index (χ4n) is 1.89. The number of halogens is 1. The fraction of sp³-hybridized carbons (Fsp3) is 0.286. The highest BCUT2D eigenvalue weighted by molar-refractivity contribution is 6.30. The Labute approximate surface area is 123 Å². The average molecular weight is 293 g/mol. The minimum atomic E-state index is -0.344. The van der Waals surface area contributed by atoms with E-state index < -0.39 is 0 Å². The number of nitrogens with zero attached hydrogens (tertiary/aromatic N) is 3. The summed E-state index contributed by atoms with van der Waals surface area (Å²) in [6.45, 7) is 0. The lowest BCUT2D eigenvalue weighted by molar-refractivity contribution is 0.214. The van der Waals surface area contributed by atoms with E-state index in [2.05, 4.69) is 10.3 Å². The van der Waals surface area contributed by atoms with Crippen LogP contribution in [0.15, 0.2) is 36.7 Å². The average Bonchev–Trinajstić information content (AvgIpc) is 2.81. The van der Waals surface area contributed by atoms with Crippen molar-refractivity contribution in [2.24, 2.45) is 7.05 Å². The minimum absolute atomic E-state index is 0.182. The van der Waals surface area contributed by atoms with Gasteiger partial charge in [0.2, 0.25) is 0 Å². The lowest BCUT2D eigenvalue weighted by Gasteiger charge is -2.21. The van der Waals surface area contributed by atoms with Crippen LogP contribution >= 0.6 is 11.6 Å². The summed E-state index contributed by atoms with van der Waals surface area (Å²) in [7, 11) is 5.28. The van der Waals surface area contributed by atoms with Gasteiger partial charge in [0.15, 0.2) is 0 Å². The molecule has 6 heteroatoms. The van der Waals surface area contributed by atoms with E-state index in [0.717, 1.165) is 11.4 Å². The third kappa shape index (κ3) is 3.11. The number of carbonyl (C=O) groups is 1. The van der Waals surface area contributed by atoms with Crippen LogP contribution in [0.3, 0.4) is 0 Å². The highest BCUT2D eigenvalue weighted by Gasteiger charge is 2.21. The maximum atomic E-state index is 12.0. The van der Waals surface area contributed by atoms with Crippen LogP contribution in [0.2, 0.25) is 5.02 Å². The monoisotopic (exact) mass is 292 g/mol. The van der Waals surface area contributed by atoms with Crippen molar-refractivity contribution in [1.82, 2.24) is 19.8 Å². The summed E-state index contributed by atoms with van der Waals surface area (Å²) in [5.74, 6) is 0.752. The number of nitrogens with one attached hydrogen (secondary N) is 1. The molecule has 0 spiro atoms. The molecule has 0 aliphatic carbocycles. The van der Waals surface area contributed by atoms with Gasteiger partial charge in [-0.15, -0.1) is 0 Å². The normalized spacial score (nSPS) is 12.0. The number of aryl methyl sites for hydroxylation is 1. The molecule has 1 aromatic carbocycles. The van der Waals surface area contributed by atoms with Crippen LogP contribution in [0.1, 0.15) is 17.4 Å². The Balaban J connectivity index is 2.39. The molecule has 0 radical (unpaired) electrons. The lowest BCUT2D eigenvalue weighted by Crippen LogP contribution is -2.38. The number of rotatable bonds is 3. The SMILES string of the molecule is CN(C)C(=O)NC(c1cccc(Cl)c1)c1nccn1C. The van der Waals surface area contributed by atoms with Crippen molar-refractivity contribution in [3.8, 4) is 0 Å². The molecule has 1 aromatic heterocycles. The molecular weight excluding hydrogens is 276 g/mol. The third-order valence-corrected chi connectivity index (χ3v) is 3.21. The Bertz CT molecular complexity index is 609. The molecule has 20 heavy (non-hydrogen) atoms. The Kier molecular flexibility index (Phi) is 4.29. The topological polar surface area (TPSA) is 50.2 Å². The number of hydrogen-bond donors (Lipinski definition) is 1. The molecule has 106 valence electrons. The maximum absolute atomic E-state index is 12.0. The molecule has 1 atom stereocenters. The van der Waals surface area contributed by atoms with E-state index in [-0.39, 0.29) is 12.1 Å². The second kappa shape index (κ2) is 5.96. The van der Waals surface area contributed by atoms with Crippen molar-refractivity contribution in [2.45, 2.75) is 6.04 Å². The van der Waals surface area contributed by atoms with Gasteiger partial charge in [0, 0.05) is 38.6 Å². The number of aromatic nitrogens is 2. The first-order chi connectivity index (χ1) is 9.49. The fourth-order valence-corrected chi connectivity index (χ4v) is 2.09. The number of amides is 2. The van der Waals surface area contributed by atoms with Gasteiger partial charge in [-0.2, -0.15) is 0 Å². The Hall–Kier alpha value is -2.01. The molecule has 5 nitrogen and oxygen atoms in total. The number of carbonyl (C=O) groups excluding carboxylic acids is 1. The molecule has 2 aromatic rings. The third-order valence-electron chi connectivity index (χ3n) is 2.97. The zero-order valence-corrected chi connectivity index (χ0v) is 12.4. The summed E-state index contributed by atoms with van der Waals surface area (Å²) in [5.41, 5.74) is 0.891. The van der Waals surface area contributed by atoms with Crippen LogP contribution in [0.5, 0.6) is 0 Å². The van der Waals surface area contributed by atoms with Crippen LogP contribution in [0.25, 0.3) is 0 Å². The Morgan fingerprint density at radius 3 is 2.75 bits per heavy atom. The van der Waals surface area contributed by atoms with Crippen molar-refractivity contribution in [3.63, 3.8) is 0 Å². The second-order valence-electron chi connectivity index (χ2n) is 4.73. The summed E-state index contributed by atoms with van der Waals surface area (Å²) in [5, 5.41) is 3.57. The van der Waals surface area contributed by atoms with E-state index in [1.807, 2.05) is 36.0 Å². The molecule has 0 saturated carbocycles. The van der Waals surface area contributed by atoms with E-state index in [4.69, 9.17) is 11.6 Å². The van der Waals surface area contributed by atoms with Gasteiger partial charge in [-0.25, -0.2) is 9.78 Å². The number of imidazole rings is 1. The number of urea groups is 1. The van der Waals surface area contributed by atoms with Gasteiger partial charge in [-0.05, 0) is 17.7 Å². The van der Waals surface area contributed by atoms with E-state index >= 15 is 0 Å². The van der Waals surface area contributed by atoms with Crippen LogP contribution in [-0.4, -0.2) is 34.6 Å². The Morgan fingerprint density at radius 1 is 1.45 bits per heavy atom. The van der Waals surface area contributed by atoms with Crippen molar-refractivity contribution in [2.75, 3.05) is 14.1 Å². The van der Waals surface area contributed by atoms with Crippen LogP contribution in [-0.2, 0) is 7.05 Å². The summed E-state index contributed by atoms with van der Waals surface area (Å²) in [6, 6.07) is 6.88. The van der Waals surface area contributed by atoms with Gasteiger partial charge >= 0.3 is 6.03 Å². The van der Waals surface area contributed by atoms with Gasteiger partial charge in [0.1, 0.15) is 11.9 Å². The predicted molar refractivity (Wildman–Crippen MR) is 78.7 cm³/mol. The quantitative estimate of drug-likeness (QED) is 0.944. The minimum Gasteiger partial charge on any atom is -0.336 e. The van der Waals surface area contributed by atoms with Gasteiger partial charge in [-0.3, -0.25) is 0 Å². The van der Waals surface area contributed by atoms with E-state index in [0.29, 0.717) is 5.02 Å². The zero-order valence-electron chi connectivity index (χ0n) is 11.7. The maximum Gasteiger partial charge on any atom is 0.317 e. The summed E-state index contributed by atoms with van der Waals surface area (Å²) < 4.78 is 1.88. The van der Waals surface area contributed by atoms with Gasteiger partial charge < -0.3 is 14.8 Å². The molecule has 0 fully saturated rings. The predicted octanol–water partition coefficient (Wildman–Crippen LogP) is 2.43. The summed E-state index contributed by atoms with van der Waals surface area (Å²) in [6.07, 6.45) is 3.55. The highest BCUT2D eigenvalue weighted by atomic mass is 35.5. The smallest absolute Gasteiger partial charge is 0.317 e. The van der Waals surface area contributed by atoms with Crippen LogP contribution < -0.4 is 5.32 Å². The Morgan fingerprint density at radius 2 is 2.20 bits per heavy atom. The van der Waals surface area contributed by atoms with Gasteiger partial charge in [0.05, 0.1) is 0 Å². The molecule has 0 aliphatic heterocycles. The molecule has 1 unspecified atom stereocenters. The van der Waals surface area contributed by atoms with Crippen molar-refractivity contribution < 1.29 is 4.79 Å². The molecule has 1 N–H and O–H groups in total. The largest absolute Gasteiger partial charge is 0.336 e. The standard InChI is InChI=1S/C14H17ClN4O/c1-18(2)14(20)17-12(13-16-7-8-19(13)3)10-5-4-6-11(15)9-10/h4-9,12H,1-3H3,(H,17,20). The summed E-state index contributed by atoms with van der Waals surface area (Å²) >= 11 is 6.04. The molecule has 0 aliphatic rings. The van der Waals surface area contributed by atoms with Crippen LogP contribution in [0.4, 0.5) is 4.79 Å². The van der Waals surface area contributed by atoms with Crippen LogP contribution in [0, 0.1) is 0 Å². The van der Waals surface area contributed by atoms with E-state index in [1.54, 1.807) is 26.4 Å². The number of hydrogen-bond acceptors (Lipinski definition) is 2. The highest BCUT2D eigenvalue weighted by Crippen LogP contribution is 2.23.